The second kappa shape index (κ2) is 4.95. The summed E-state index contributed by atoms with van der Waals surface area (Å²) in [6.45, 7) is 7.14. The fourth-order valence-corrected chi connectivity index (χ4v) is 1.51. The molecule has 0 atom stereocenters. The molecule has 0 bridgehead atoms. The summed E-state index contributed by atoms with van der Waals surface area (Å²) in [4.78, 5) is 8.42. The third-order valence-corrected chi connectivity index (χ3v) is 2.51. The number of aryl methyl sites for hydroxylation is 1. The van der Waals surface area contributed by atoms with Crippen LogP contribution in [0.15, 0.2) is 24.8 Å². The van der Waals surface area contributed by atoms with Crippen molar-refractivity contribution in [3.05, 3.63) is 30.5 Å². The highest BCUT2D eigenvalue weighted by Crippen LogP contribution is 2.17. The molecule has 0 aromatic carbocycles. The largest absolute Gasteiger partial charge is 0.338 e. The maximum absolute atomic E-state index is 4.23. The molecule has 0 radical (unpaired) electrons. The van der Waals surface area contributed by atoms with E-state index in [1.54, 1.807) is 12.5 Å². The SMILES string of the molecule is CCn1cc(Nc2cc(C(C)C)ncn2)cn1. The first-order valence-corrected chi connectivity index (χ1v) is 5.80. The molecule has 90 valence electrons. The molecule has 5 heteroatoms. The summed E-state index contributed by atoms with van der Waals surface area (Å²) >= 11 is 0. The molecule has 0 aliphatic carbocycles. The zero-order valence-electron chi connectivity index (χ0n) is 10.4. The van der Waals surface area contributed by atoms with Crippen LogP contribution in [-0.4, -0.2) is 19.7 Å². The van der Waals surface area contributed by atoms with Gasteiger partial charge in [0.05, 0.1) is 11.9 Å². The van der Waals surface area contributed by atoms with Gasteiger partial charge in [0, 0.05) is 24.5 Å². The molecule has 0 fully saturated rings. The highest BCUT2D eigenvalue weighted by molar-refractivity contribution is 5.53. The Morgan fingerprint density at radius 1 is 1.35 bits per heavy atom. The van der Waals surface area contributed by atoms with Crippen molar-refractivity contribution in [2.24, 2.45) is 0 Å². The standard InChI is InChI=1S/C12H17N5/c1-4-17-7-10(6-15-17)16-12-5-11(9(2)3)13-8-14-12/h5-9H,4H2,1-3H3,(H,13,14,16). The van der Waals surface area contributed by atoms with Crippen LogP contribution in [-0.2, 0) is 6.54 Å². The molecular weight excluding hydrogens is 214 g/mol. The van der Waals surface area contributed by atoms with Crippen LogP contribution in [0.4, 0.5) is 11.5 Å². The molecule has 0 spiro atoms. The van der Waals surface area contributed by atoms with E-state index >= 15 is 0 Å². The van der Waals surface area contributed by atoms with Gasteiger partial charge < -0.3 is 5.32 Å². The Balaban J connectivity index is 2.15. The first kappa shape index (κ1) is 11.6. The summed E-state index contributed by atoms with van der Waals surface area (Å²) in [5, 5.41) is 7.42. The third-order valence-electron chi connectivity index (χ3n) is 2.51. The Morgan fingerprint density at radius 2 is 2.18 bits per heavy atom. The van der Waals surface area contributed by atoms with E-state index < -0.39 is 0 Å². The Morgan fingerprint density at radius 3 is 2.82 bits per heavy atom. The van der Waals surface area contributed by atoms with E-state index in [-0.39, 0.29) is 0 Å². The van der Waals surface area contributed by atoms with Gasteiger partial charge in [-0.1, -0.05) is 13.8 Å². The van der Waals surface area contributed by atoms with Crippen molar-refractivity contribution in [2.45, 2.75) is 33.2 Å². The average molecular weight is 231 g/mol. The molecule has 0 saturated heterocycles. The maximum atomic E-state index is 4.23. The molecule has 5 nitrogen and oxygen atoms in total. The topological polar surface area (TPSA) is 55.6 Å². The summed E-state index contributed by atoms with van der Waals surface area (Å²) in [6.07, 6.45) is 5.33. The van der Waals surface area contributed by atoms with Gasteiger partial charge in [-0.15, -0.1) is 0 Å². The van der Waals surface area contributed by atoms with Gasteiger partial charge in [0.15, 0.2) is 0 Å². The number of nitrogens with one attached hydrogen (secondary N) is 1. The number of hydrogen-bond acceptors (Lipinski definition) is 4. The van der Waals surface area contributed by atoms with Gasteiger partial charge >= 0.3 is 0 Å². The Kier molecular flexibility index (Phi) is 3.37. The summed E-state index contributed by atoms with van der Waals surface area (Å²) in [6, 6.07) is 1.97. The van der Waals surface area contributed by atoms with Gasteiger partial charge in [0.25, 0.3) is 0 Å². The number of nitrogens with zero attached hydrogens (tertiary/aromatic N) is 4. The van der Waals surface area contributed by atoms with Crippen molar-refractivity contribution in [2.75, 3.05) is 5.32 Å². The summed E-state index contributed by atoms with van der Waals surface area (Å²) < 4.78 is 1.87. The highest BCUT2D eigenvalue weighted by atomic mass is 15.3. The molecule has 17 heavy (non-hydrogen) atoms. The number of aromatic nitrogens is 4. The van der Waals surface area contributed by atoms with Crippen molar-refractivity contribution < 1.29 is 0 Å². The minimum absolute atomic E-state index is 0.400. The van der Waals surface area contributed by atoms with Crippen molar-refractivity contribution in [1.29, 1.82) is 0 Å². The van der Waals surface area contributed by atoms with Crippen LogP contribution in [0, 0.1) is 0 Å². The quantitative estimate of drug-likeness (QED) is 0.878. The van der Waals surface area contributed by atoms with E-state index in [2.05, 4.69) is 41.2 Å². The highest BCUT2D eigenvalue weighted by Gasteiger charge is 2.04. The van der Waals surface area contributed by atoms with Crippen molar-refractivity contribution in [1.82, 2.24) is 19.7 Å². The van der Waals surface area contributed by atoms with E-state index in [1.165, 1.54) is 0 Å². The molecule has 0 saturated carbocycles. The molecule has 0 aliphatic rings. The zero-order chi connectivity index (χ0) is 12.3. The number of rotatable bonds is 4. The zero-order valence-corrected chi connectivity index (χ0v) is 10.4. The van der Waals surface area contributed by atoms with Gasteiger partial charge in [-0.05, 0) is 12.8 Å². The third kappa shape index (κ3) is 2.81. The Hall–Kier alpha value is -1.91. The molecular formula is C12H17N5. The van der Waals surface area contributed by atoms with Crippen LogP contribution < -0.4 is 5.32 Å². The maximum Gasteiger partial charge on any atom is 0.134 e. The fraction of sp³-hybridized carbons (Fsp3) is 0.417. The van der Waals surface area contributed by atoms with Crippen molar-refractivity contribution in [3.63, 3.8) is 0 Å². The summed E-state index contributed by atoms with van der Waals surface area (Å²) in [7, 11) is 0. The summed E-state index contributed by atoms with van der Waals surface area (Å²) in [5.41, 5.74) is 1.98. The normalized spacial score (nSPS) is 10.8. The first-order valence-electron chi connectivity index (χ1n) is 5.80. The number of anilines is 2. The molecule has 0 amide bonds. The van der Waals surface area contributed by atoms with Gasteiger partial charge in [0.2, 0.25) is 0 Å². The van der Waals surface area contributed by atoms with Crippen LogP contribution in [0.5, 0.6) is 0 Å². The van der Waals surface area contributed by atoms with Gasteiger partial charge in [-0.25, -0.2) is 9.97 Å². The first-order chi connectivity index (χ1) is 8.19. The molecule has 2 aromatic heterocycles. The smallest absolute Gasteiger partial charge is 0.134 e. The fourth-order valence-electron chi connectivity index (χ4n) is 1.51. The van der Waals surface area contributed by atoms with Gasteiger partial charge in [-0.3, -0.25) is 4.68 Å². The van der Waals surface area contributed by atoms with Crippen LogP contribution in [0.2, 0.25) is 0 Å². The minimum Gasteiger partial charge on any atom is -0.338 e. The van der Waals surface area contributed by atoms with Crippen molar-refractivity contribution >= 4 is 11.5 Å². The lowest BCUT2D eigenvalue weighted by Gasteiger charge is -2.06. The molecule has 2 aromatic rings. The minimum atomic E-state index is 0.400. The lowest BCUT2D eigenvalue weighted by atomic mass is 10.1. The van der Waals surface area contributed by atoms with Crippen LogP contribution in [0.1, 0.15) is 32.4 Å². The van der Waals surface area contributed by atoms with E-state index in [9.17, 15) is 0 Å². The van der Waals surface area contributed by atoms with Crippen molar-refractivity contribution in [3.8, 4) is 0 Å². The Bertz CT molecular complexity index is 489. The lowest BCUT2D eigenvalue weighted by Crippen LogP contribution is -1.98. The molecule has 2 rings (SSSR count). The van der Waals surface area contributed by atoms with E-state index in [0.29, 0.717) is 5.92 Å². The van der Waals surface area contributed by atoms with E-state index in [0.717, 1.165) is 23.7 Å². The van der Waals surface area contributed by atoms with Crippen LogP contribution in [0.25, 0.3) is 0 Å². The predicted molar refractivity (Wildman–Crippen MR) is 67.3 cm³/mol. The molecule has 0 aliphatic heterocycles. The second-order valence-electron chi connectivity index (χ2n) is 4.19. The average Bonchev–Trinajstić information content (AvgIpc) is 2.77. The Labute approximate surface area is 101 Å². The summed E-state index contributed by atoms with van der Waals surface area (Å²) in [5.74, 6) is 1.20. The molecule has 1 N–H and O–H groups in total. The van der Waals surface area contributed by atoms with Gasteiger partial charge in [0.1, 0.15) is 12.1 Å². The van der Waals surface area contributed by atoms with Gasteiger partial charge in [-0.2, -0.15) is 5.10 Å². The lowest BCUT2D eigenvalue weighted by molar-refractivity contribution is 0.660. The van der Waals surface area contributed by atoms with E-state index in [1.807, 2.05) is 16.9 Å². The monoisotopic (exact) mass is 231 g/mol. The van der Waals surface area contributed by atoms with Crippen LogP contribution >= 0.6 is 0 Å². The number of hydrogen-bond donors (Lipinski definition) is 1. The molecule has 0 unspecified atom stereocenters. The second-order valence-corrected chi connectivity index (χ2v) is 4.19. The van der Waals surface area contributed by atoms with Crippen LogP contribution in [0.3, 0.4) is 0 Å². The molecule has 2 heterocycles. The predicted octanol–water partition coefficient (Wildman–Crippen LogP) is 2.56. The van der Waals surface area contributed by atoms with E-state index in [4.69, 9.17) is 0 Å².